The van der Waals surface area contributed by atoms with Gasteiger partial charge in [0.1, 0.15) is 0 Å². The van der Waals surface area contributed by atoms with Gasteiger partial charge in [-0.15, -0.1) is 0 Å². The smallest absolute Gasteiger partial charge is 0.0343 e. The molecule has 1 aromatic carbocycles. The van der Waals surface area contributed by atoms with Crippen molar-refractivity contribution < 1.29 is 0 Å². The topological polar surface area (TPSA) is 12.0 Å². The highest BCUT2D eigenvalue weighted by Gasteiger charge is 2.35. The number of hydrogen-bond donors (Lipinski definition) is 1. The maximum Gasteiger partial charge on any atom is 0.0343 e. The number of benzene rings is 1. The Hall–Kier alpha value is -1.08. The second-order valence-corrected chi connectivity index (χ2v) is 6.58. The lowest BCUT2D eigenvalue weighted by molar-refractivity contribution is 0.343. The van der Waals surface area contributed by atoms with E-state index in [0.29, 0.717) is 12.0 Å². The van der Waals surface area contributed by atoms with E-state index in [1.54, 1.807) is 0 Å². The Morgan fingerprint density at radius 3 is 2.47 bits per heavy atom. The Bertz CT molecular complexity index is 434. The molecule has 1 heteroatoms. The molecule has 0 amide bonds. The minimum Gasteiger partial charge on any atom is -0.309 e. The summed E-state index contributed by atoms with van der Waals surface area (Å²) in [6.45, 7) is 5.79. The van der Waals surface area contributed by atoms with Crippen LogP contribution in [-0.4, -0.2) is 6.54 Å². The van der Waals surface area contributed by atoms with Crippen molar-refractivity contribution in [1.29, 1.82) is 0 Å². The average molecular weight is 255 g/mol. The SMILES string of the molecule is CC(C)C(NCC1CC2C=CC1C2)c1ccccc1. The summed E-state index contributed by atoms with van der Waals surface area (Å²) in [5.41, 5.74) is 1.43. The first-order valence-corrected chi connectivity index (χ1v) is 7.70. The van der Waals surface area contributed by atoms with Gasteiger partial charge in [0, 0.05) is 6.04 Å². The van der Waals surface area contributed by atoms with Gasteiger partial charge < -0.3 is 5.32 Å². The third-order valence-corrected chi connectivity index (χ3v) is 4.84. The largest absolute Gasteiger partial charge is 0.309 e. The second-order valence-electron chi connectivity index (χ2n) is 6.58. The van der Waals surface area contributed by atoms with E-state index in [9.17, 15) is 0 Å². The van der Waals surface area contributed by atoms with Crippen molar-refractivity contribution in [3.63, 3.8) is 0 Å². The van der Waals surface area contributed by atoms with Gasteiger partial charge in [-0.25, -0.2) is 0 Å². The number of rotatable bonds is 5. The Labute approximate surface area is 117 Å². The van der Waals surface area contributed by atoms with Gasteiger partial charge in [-0.2, -0.15) is 0 Å². The van der Waals surface area contributed by atoms with E-state index in [1.165, 1.54) is 24.9 Å². The molecule has 2 aliphatic carbocycles. The molecule has 4 unspecified atom stereocenters. The molecule has 4 atom stereocenters. The third kappa shape index (κ3) is 2.76. The van der Waals surface area contributed by atoms with Gasteiger partial charge in [-0.05, 0) is 48.6 Å². The highest BCUT2D eigenvalue weighted by atomic mass is 14.9. The monoisotopic (exact) mass is 255 g/mol. The molecule has 102 valence electrons. The molecule has 1 nitrogen and oxygen atoms in total. The number of allylic oxidation sites excluding steroid dienone is 2. The summed E-state index contributed by atoms with van der Waals surface area (Å²) in [5.74, 6) is 3.23. The lowest BCUT2D eigenvalue weighted by atomic mass is 9.91. The van der Waals surface area contributed by atoms with Crippen molar-refractivity contribution in [1.82, 2.24) is 5.32 Å². The van der Waals surface area contributed by atoms with Crippen LogP contribution in [0, 0.1) is 23.7 Å². The highest BCUT2D eigenvalue weighted by molar-refractivity contribution is 5.19. The normalized spacial score (nSPS) is 30.2. The molecule has 0 saturated heterocycles. The van der Waals surface area contributed by atoms with Crippen molar-refractivity contribution in [3.05, 3.63) is 48.0 Å². The van der Waals surface area contributed by atoms with Gasteiger partial charge >= 0.3 is 0 Å². The van der Waals surface area contributed by atoms with E-state index < -0.39 is 0 Å². The summed E-state index contributed by atoms with van der Waals surface area (Å²) < 4.78 is 0. The standard InChI is InChI=1S/C18H25N/c1-13(2)18(15-6-4-3-5-7-15)19-12-17-11-14-8-9-16(17)10-14/h3-9,13-14,16-19H,10-12H2,1-2H3. The van der Waals surface area contributed by atoms with Gasteiger partial charge in [0.05, 0.1) is 0 Å². The zero-order valence-electron chi connectivity index (χ0n) is 12.0. The summed E-state index contributed by atoms with van der Waals surface area (Å²) in [5, 5.41) is 3.83. The molecule has 0 aliphatic heterocycles. The third-order valence-electron chi connectivity index (χ3n) is 4.84. The molecule has 1 aromatic rings. The van der Waals surface area contributed by atoms with Gasteiger partial charge in [-0.3, -0.25) is 0 Å². The maximum absolute atomic E-state index is 3.83. The minimum absolute atomic E-state index is 0.490. The number of hydrogen-bond acceptors (Lipinski definition) is 1. The molecule has 2 bridgehead atoms. The van der Waals surface area contributed by atoms with Crippen LogP contribution in [0.15, 0.2) is 42.5 Å². The maximum atomic E-state index is 3.83. The fourth-order valence-electron chi connectivity index (χ4n) is 3.81. The van der Waals surface area contributed by atoms with E-state index in [-0.39, 0.29) is 0 Å². The zero-order valence-corrected chi connectivity index (χ0v) is 12.0. The van der Waals surface area contributed by atoms with Gasteiger partial charge in [0.15, 0.2) is 0 Å². The molecule has 19 heavy (non-hydrogen) atoms. The van der Waals surface area contributed by atoms with Crippen molar-refractivity contribution in [2.75, 3.05) is 6.54 Å². The lowest BCUT2D eigenvalue weighted by Crippen LogP contribution is -2.32. The minimum atomic E-state index is 0.490. The first-order chi connectivity index (χ1) is 9.24. The second kappa shape index (κ2) is 5.50. The lowest BCUT2D eigenvalue weighted by Gasteiger charge is -2.27. The van der Waals surface area contributed by atoms with Crippen molar-refractivity contribution >= 4 is 0 Å². The predicted molar refractivity (Wildman–Crippen MR) is 80.9 cm³/mol. The van der Waals surface area contributed by atoms with Crippen LogP contribution in [0.2, 0.25) is 0 Å². The van der Waals surface area contributed by atoms with Gasteiger partial charge in [0.2, 0.25) is 0 Å². The first-order valence-electron chi connectivity index (χ1n) is 7.70. The molecule has 0 spiro atoms. The summed E-state index contributed by atoms with van der Waals surface area (Å²) in [6, 6.07) is 11.4. The molecule has 1 N–H and O–H groups in total. The van der Waals surface area contributed by atoms with Crippen LogP contribution in [0.25, 0.3) is 0 Å². The summed E-state index contributed by atoms with van der Waals surface area (Å²) in [6.07, 6.45) is 7.68. The number of nitrogens with one attached hydrogen (secondary N) is 1. The van der Waals surface area contributed by atoms with Crippen LogP contribution in [0.3, 0.4) is 0 Å². The molecule has 2 aliphatic rings. The molecule has 1 fully saturated rings. The fraction of sp³-hybridized carbons (Fsp3) is 0.556. The van der Waals surface area contributed by atoms with Crippen molar-refractivity contribution in [2.24, 2.45) is 23.7 Å². The Balaban J connectivity index is 1.62. The van der Waals surface area contributed by atoms with E-state index in [0.717, 1.165) is 17.8 Å². The predicted octanol–water partition coefficient (Wildman–Crippen LogP) is 4.19. The molecule has 0 heterocycles. The quantitative estimate of drug-likeness (QED) is 0.778. The summed E-state index contributed by atoms with van der Waals surface area (Å²) in [7, 11) is 0. The summed E-state index contributed by atoms with van der Waals surface area (Å²) >= 11 is 0. The van der Waals surface area contributed by atoms with Crippen LogP contribution in [0.4, 0.5) is 0 Å². The van der Waals surface area contributed by atoms with Gasteiger partial charge in [0.25, 0.3) is 0 Å². The van der Waals surface area contributed by atoms with E-state index >= 15 is 0 Å². The highest BCUT2D eigenvalue weighted by Crippen LogP contribution is 2.43. The van der Waals surface area contributed by atoms with E-state index in [1.807, 2.05) is 0 Å². The van der Waals surface area contributed by atoms with Crippen LogP contribution in [0.5, 0.6) is 0 Å². The molecule has 0 aromatic heterocycles. The molecule has 1 saturated carbocycles. The first kappa shape index (κ1) is 12.9. The van der Waals surface area contributed by atoms with E-state index in [2.05, 4.69) is 61.6 Å². The Kier molecular flexibility index (Phi) is 3.74. The van der Waals surface area contributed by atoms with Crippen LogP contribution < -0.4 is 5.32 Å². The van der Waals surface area contributed by atoms with Gasteiger partial charge in [-0.1, -0.05) is 56.3 Å². The Morgan fingerprint density at radius 2 is 1.89 bits per heavy atom. The molecule has 3 rings (SSSR count). The molecular weight excluding hydrogens is 230 g/mol. The fourth-order valence-corrected chi connectivity index (χ4v) is 3.81. The van der Waals surface area contributed by atoms with Crippen LogP contribution >= 0.6 is 0 Å². The van der Waals surface area contributed by atoms with Crippen LogP contribution in [-0.2, 0) is 0 Å². The van der Waals surface area contributed by atoms with Crippen molar-refractivity contribution in [3.8, 4) is 0 Å². The molecular formula is C18H25N. The number of fused-ring (bicyclic) bond motifs is 2. The average Bonchev–Trinajstić information content (AvgIpc) is 3.02. The van der Waals surface area contributed by atoms with Crippen molar-refractivity contribution in [2.45, 2.75) is 32.7 Å². The van der Waals surface area contributed by atoms with E-state index in [4.69, 9.17) is 0 Å². The zero-order chi connectivity index (χ0) is 13.2. The molecule has 0 radical (unpaired) electrons. The van der Waals surface area contributed by atoms with Crippen LogP contribution in [0.1, 0.15) is 38.3 Å². The summed E-state index contributed by atoms with van der Waals surface area (Å²) in [4.78, 5) is 0. The Morgan fingerprint density at radius 1 is 1.11 bits per heavy atom.